The van der Waals surface area contributed by atoms with Crippen molar-refractivity contribution in [3.63, 3.8) is 0 Å². The van der Waals surface area contributed by atoms with Gasteiger partial charge in [0.15, 0.2) is 0 Å². The molecule has 0 unspecified atom stereocenters. The van der Waals surface area contributed by atoms with Crippen LogP contribution in [0.15, 0.2) is 24.4 Å². The fourth-order valence-electron chi connectivity index (χ4n) is 4.21. The predicted octanol–water partition coefficient (Wildman–Crippen LogP) is 8.98. The van der Waals surface area contributed by atoms with Gasteiger partial charge in [0, 0.05) is 17.1 Å². The van der Waals surface area contributed by atoms with E-state index in [0.717, 1.165) is 18.8 Å². The summed E-state index contributed by atoms with van der Waals surface area (Å²) in [7, 11) is 0. The van der Waals surface area contributed by atoms with Crippen molar-refractivity contribution in [3.8, 4) is 5.75 Å². The molecule has 0 bridgehead atoms. The first-order valence-corrected chi connectivity index (χ1v) is 12.6. The molecule has 0 aliphatic carbocycles. The summed E-state index contributed by atoms with van der Waals surface area (Å²) in [6.07, 6.45) is 24.0. The third-order valence-corrected chi connectivity index (χ3v) is 6.02. The molecule has 29 heavy (non-hydrogen) atoms. The average Bonchev–Trinajstić information content (AvgIpc) is 3.13. The molecular formula is C27H45NO. The van der Waals surface area contributed by atoms with Crippen molar-refractivity contribution in [1.29, 1.82) is 0 Å². The molecule has 1 heterocycles. The van der Waals surface area contributed by atoms with Crippen molar-refractivity contribution in [3.05, 3.63) is 30.0 Å². The molecule has 2 nitrogen and oxygen atoms in total. The van der Waals surface area contributed by atoms with E-state index < -0.39 is 0 Å². The van der Waals surface area contributed by atoms with Crippen LogP contribution in [0.25, 0.3) is 10.9 Å². The molecule has 0 saturated heterocycles. The summed E-state index contributed by atoms with van der Waals surface area (Å²) >= 11 is 0. The van der Waals surface area contributed by atoms with Crippen LogP contribution in [0.1, 0.15) is 116 Å². The molecule has 0 atom stereocenters. The minimum atomic E-state index is 0.844. The SMILES string of the molecule is CCCCCCCCCCCCCCCCOc1ccc2[nH]cc(CCC)c2c1. The molecule has 1 aromatic heterocycles. The number of rotatable bonds is 18. The summed E-state index contributed by atoms with van der Waals surface area (Å²) in [6.45, 7) is 5.37. The highest BCUT2D eigenvalue weighted by molar-refractivity contribution is 5.84. The fraction of sp³-hybridized carbons (Fsp3) is 0.704. The summed E-state index contributed by atoms with van der Waals surface area (Å²) in [5.74, 6) is 1.02. The van der Waals surface area contributed by atoms with Crippen LogP contribution in [0.5, 0.6) is 5.75 Å². The smallest absolute Gasteiger partial charge is 0.120 e. The van der Waals surface area contributed by atoms with Gasteiger partial charge in [-0.3, -0.25) is 0 Å². The van der Waals surface area contributed by atoms with Crippen LogP contribution < -0.4 is 4.74 Å². The molecular weight excluding hydrogens is 354 g/mol. The van der Waals surface area contributed by atoms with E-state index in [9.17, 15) is 0 Å². The topological polar surface area (TPSA) is 25.0 Å². The molecule has 2 aromatic rings. The zero-order valence-corrected chi connectivity index (χ0v) is 19.2. The molecule has 0 fully saturated rings. The van der Waals surface area contributed by atoms with Crippen molar-refractivity contribution in [2.45, 2.75) is 117 Å². The van der Waals surface area contributed by atoms with Crippen LogP contribution in [-0.2, 0) is 6.42 Å². The van der Waals surface area contributed by atoms with Gasteiger partial charge in [0.25, 0.3) is 0 Å². The van der Waals surface area contributed by atoms with E-state index in [0.29, 0.717) is 0 Å². The number of H-pyrrole nitrogens is 1. The third kappa shape index (κ3) is 9.74. The summed E-state index contributed by atoms with van der Waals surface area (Å²) in [5.41, 5.74) is 2.63. The Morgan fingerprint density at radius 1 is 0.690 bits per heavy atom. The van der Waals surface area contributed by atoms with Crippen molar-refractivity contribution in [2.24, 2.45) is 0 Å². The van der Waals surface area contributed by atoms with E-state index >= 15 is 0 Å². The number of ether oxygens (including phenoxy) is 1. The van der Waals surface area contributed by atoms with Gasteiger partial charge >= 0.3 is 0 Å². The van der Waals surface area contributed by atoms with Crippen molar-refractivity contribution in [1.82, 2.24) is 4.98 Å². The van der Waals surface area contributed by atoms with Crippen LogP contribution in [-0.4, -0.2) is 11.6 Å². The molecule has 0 aliphatic rings. The van der Waals surface area contributed by atoms with Crippen molar-refractivity contribution >= 4 is 10.9 Å². The lowest BCUT2D eigenvalue weighted by atomic mass is 10.0. The number of nitrogens with one attached hydrogen (secondary N) is 1. The maximum Gasteiger partial charge on any atom is 0.120 e. The third-order valence-electron chi connectivity index (χ3n) is 6.02. The minimum Gasteiger partial charge on any atom is -0.494 e. The van der Waals surface area contributed by atoms with Crippen molar-refractivity contribution in [2.75, 3.05) is 6.61 Å². The van der Waals surface area contributed by atoms with Crippen LogP contribution in [0.2, 0.25) is 0 Å². The van der Waals surface area contributed by atoms with Gasteiger partial charge in [-0.25, -0.2) is 0 Å². The number of fused-ring (bicyclic) bond motifs is 1. The maximum absolute atomic E-state index is 6.01. The lowest BCUT2D eigenvalue weighted by Gasteiger charge is -2.07. The Labute approximate surface area is 179 Å². The second-order valence-electron chi connectivity index (χ2n) is 8.72. The molecule has 2 rings (SSSR count). The monoisotopic (exact) mass is 399 g/mol. The number of benzene rings is 1. The number of aryl methyl sites for hydroxylation is 1. The molecule has 0 saturated carbocycles. The Bertz CT molecular complexity index is 645. The van der Waals surface area contributed by atoms with Crippen LogP contribution >= 0.6 is 0 Å². The average molecular weight is 400 g/mol. The van der Waals surface area contributed by atoms with E-state index in [4.69, 9.17) is 4.74 Å². The molecule has 0 aliphatic heterocycles. The molecule has 2 heteroatoms. The predicted molar refractivity (Wildman–Crippen MR) is 128 cm³/mol. The minimum absolute atomic E-state index is 0.844. The van der Waals surface area contributed by atoms with Gasteiger partial charge in [-0.05, 0) is 36.6 Å². The summed E-state index contributed by atoms with van der Waals surface area (Å²) in [4.78, 5) is 3.37. The largest absolute Gasteiger partial charge is 0.494 e. The van der Waals surface area contributed by atoms with E-state index in [-0.39, 0.29) is 0 Å². The second-order valence-corrected chi connectivity index (χ2v) is 8.72. The summed E-state index contributed by atoms with van der Waals surface area (Å²) in [5, 5.41) is 1.32. The molecule has 1 aromatic carbocycles. The van der Waals surface area contributed by atoms with Crippen LogP contribution in [0.3, 0.4) is 0 Å². The lowest BCUT2D eigenvalue weighted by Crippen LogP contribution is -1.97. The highest BCUT2D eigenvalue weighted by atomic mass is 16.5. The Kier molecular flexibility index (Phi) is 12.7. The van der Waals surface area contributed by atoms with Gasteiger partial charge in [0.2, 0.25) is 0 Å². The Morgan fingerprint density at radius 2 is 1.28 bits per heavy atom. The van der Waals surface area contributed by atoms with Gasteiger partial charge in [0.05, 0.1) is 6.61 Å². The van der Waals surface area contributed by atoms with Crippen LogP contribution in [0.4, 0.5) is 0 Å². The quantitative estimate of drug-likeness (QED) is 0.248. The molecule has 0 radical (unpaired) electrons. The maximum atomic E-state index is 6.01. The number of hydrogen-bond donors (Lipinski definition) is 1. The molecule has 1 N–H and O–H groups in total. The van der Waals surface area contributed by atoms with Gasteiger partial charge in [0.1, 0.15) is 5.75 Å². The molecule has 0 spiro atoms. The first-order chi connectivity index (χ1) is 14.3. The first kappa shape index (κ1) is 23.8. The number of aromatic nitrogens is 1. The van der Waals surface area contributed by atoms with Gasteiger partial charge < -0.3 is 9.72 Å². The van der Waals surface area contributed by atoms with Gasteiger partial charge in [-0.2, -0.15) is 0 Å². The number of aromatic amines is 1. The Balaban J connectivity index is 1.43. The zero-order valence-electron chi connectivity index (χ0n) is 19.2. The Hall–Kier alpha value is -1.44. The van der Waals surface area contributed by atoms with E-state index in [1.54, 1.807) is 0 Å². The summed E-state index contributed by atoms with van der Waals surface area (Å²) in [6, 6.07) is 6.45. The van der Waals surface area contributed by atoms with Crippen LogP contribution in [0, 0.1) is 0 Å². The Morgan fingerprint density at radius 3 is 1.86 bits per heavy atom. The van der Waals surface area contributed by atoms with E-state index in [2.05, 4.69) is 43.2 Å². The van der Waals surface area contributed by atoms with E-state index in [1.807, 2.05) is 0 Å². The highest BCUT2D eigenvalue weighted by Gasteiger charge is 2.04. The van der Waals surface area contributed by atoms with E-state index in [1.165, 1.54) is 113 Å². The summed E-state index contributed by atoms with van der Waals surface area (Å²) < 4.78 is 6.01. The number of unbranched alkanes of at least 4 members (excludes halogenated alkanes) is 13. The van der Waals surface area contributed by atoms with Gasteiger partial charge in [-0.1, -0.05) is 104 Å². The number of hydrogen-bond acceptors (Lipinski definition) is 1. The highest BCUT2D eigenvalue weighted by Crippen LogP contribution is 2.25. The molecule has 164 valence electrons. The molecule has 0 amide bonds. The standard InChI is InChI=1S/C27H45NO/c1-3-5-6-7-8-9-10-11-12-13-14-15-16-17-21-29-25-19-20-27-26(22-25)24(18-4-2)23-28-27/h19-20,22-23,28H,3-18,21H2,1-2H3. The lowest BCUT2D eigenvalue weighted by molar-refractivity contribution is 0.304. The van der Waals surface area contributed by atoms with Gasteiger partial charge in [-0.15, -0.1) is 0 Å². The zero-order chi connectivity index (χ0) is 20.6. The fourth-order valence-corrected chi connectivity index (χ4v) is 4.21. The van der Waals surface area contributed by atoms with Crippen molar-refractivity contribution < 1.29 is 4.74 Å². The normalized spacial score (nSPS) is 11.4. The second kappa shape index (κ2) is 15.4. The first-order valence-electron chi connectivity index (χ1n) is 12.6.